The molecule has 3 aliphatic rings. The molecule has 0 saturated heterocycles. The molecule has 0 spiro atoms. The van der Waals surface area contributed by atoms with E-state index in [1.165, 1.54) is 32.1 Å². The minimum atomic E-state index is -0.120. The number of thiol groups is 1. The molecule has 0 aromatic carbocycles. The first-order chi connectivity index (χ1) is 22.9. The molecule has 0 heterocycles. The summed E-state index contributed by atoms with van der Waals surface area (Å²) in [5, 5.41) is 10.2. The average molecular weight is 749 g/mol. The fourth-order valence-corrected chi connectivity index (χ4v) is 8.24. The van der Waals surface area contributed by atoms with E-state index in [0.717, 1.165) is 25.7 Å². The Labute approximate surface area is 327 Å². The van der Waals surface area contributed by atoms with E-state index in [1.54, 1.807) is 23.6 Å². The molecular weight excluding hydrogens is 653 g/mol. The number of allylic oxidation sites excluding steroid dienone is 2. The van der Waals surface area contributed by atoms with Crippen LogP contribution in [0.25, 0.3) is 0 Å². The number of ether oxygens (including phenoxy) is 2. The Bertz CT molecular complexity index is 829. The molecule has 0 aromatic heterocycles. The van der Waals surface area contributed by atoms with E-state index >= 15 is 0 Å². The number of thioether (sulfide) groups is 1. The first kappa shape index (κ1) is 57.0. The summed E-state index contributed by atoms with van der Waals surface area (Å²) in [4.78, 5) is 0. The number of hydrogen-bond donors (Lipinski definition) is 2. The summed E-state index contributed by atoms with van der Waals surface area (Å²) in [6, 6.07) is 0. The molecule has 0 amide bonds. The van der Waals surface area contributed by atoms with Gasteiger partial charge in [0, 0.05) is 12.0 Å². The fourth-order valence-electron chi connectivity index (χ4n) is 8.24. The maximum absolute atomic E-state index is 10.2. The van der Waals surface area contributed by atoms with Gasteiger partial charge < -0.3 is 14.6 Å². The van der Waals surface area contributed by atoms with Gasteiger partial charge in [-0.05, 0) is 140 Å². The fraction of sp³-hybridized carbons (Fsp3) is 0.956. The van der Waals surface area contributed by atoms with Crippen LogP contribution in [0.5, 0.6) is 0 Å². The summed E-state index contributed by atoms with van der Waals surface area (Å²) in [6.45, 7) is 44.1. The Balaban J connectivity index is -0.000000528. The third kappa shape index (κ3) is 19.6. The Morgan fingerprint density at radius 2 is 1.30 bits per heavy atom. The summed E-state index contributed by atoms with van der Waals surface area (Å²) < 4.78 is 13.1. The lowest BCUT2D eigenvalue weighted by molar-refractivity contribution is -0.157. The quantitative estimate of drug-likeness (QED) is 0.210. The first-order valence-corrected chi connectivity index (χ1v) is 23.0. The molecule has 0 bridgehead atoms. The maximum Gasteiger partial charge on any atom is 0.0613 e. The molecule has 1 N–H and O–H groups in total. The van der Waals surface area contributed by atoms with Gasteiger partial charge in [-0.25, -0.2) is 0 Å². The molecule has 0 radical (unpaired) electrons. The Morgan fingerprint density at radius 1 is 0.860 bits per heavy atom. The minimum Gasteiger partial charge on any atom is -0.396 e. The second kappa shape index (κ2) is 27.0. The van der Waals surface area contributed by atoms with Crippen molar-refractivity contribution in [1.29, 1.82) is 0 Å². The summed E-state index contributed by atoms with van der Waals surface area (Å²) in [5.74, 6) is 1.28. The highest BCUT2D eigenvalue weighted by Gasteiger charge is 2.60. The van der Waals surface area contributed by atoms with Crippen molar-refractivity contribution in [1.82, 2.24) is 0 Å². The molecule has 2 saturated carbocycles. The Morgan fingerprint density at radius 3 is 1.66 bits per heavy atom. The van der Waals surface area contributed by atoms with E-state index in [2.05, 4.69) is 129 Å². The van der Waals surface area contributed by atoms with Crippen molar-refractivity contribution < 1.29 is 14.6 Å². The zero-order valence-corrected chi connectivity index (χ0v) is 40.3. The van der Waals surface area contributed by atoms with Crippen LogP contribution in [0.15, 0.2) is 11.6 Å². The van der Waals surface area contributed by atoms with Gasteiger partial charge >= 0.3 is 0 Å². The Hall–Kier alpha value is 0.320. The van der Waals surface area contributed by atoms with E-state index in [0.29, 0.717) is 23.4 Å². The number of fused-ring (bicyclic) bond motifs is 3. The lowest BCUT2D eigenvalue weighted by Crippen LogP contribution is -2.57. The third-order valence-electron chi connectivity index (χ3n) is 9.83. The third-order valence-corrected chi connectivity index (χ3v) is 9.83. The lowest BCUT2D eigenvalue weighted by Gasteiger charge is -2.64. The van der Waals surface area contributed by atoms with Gasteiger partial charge in [0.15, 0.2) is 0 Å². The van der Waals surface area contributed by atoms with E-state index in [9.17, 15) is 5.11 Å². The average Bonchev–Trinajstić information content (AvgIpc) is 2.99. The van der Waals surface area contributed by atoms with Crippen LogP contribution in [0.3, 0.4) is 0 Å². The summed E-state index contributed by atoms with van der Waals surface area (Å²) in [7, 11) is 0. The molecule has 0 aliphatic heterocycles. The van der Waals surface area contributed by atoms with Gasteiger partial charge in [0.1, 0.15) is 0 Å². The van der Waals surface area contributed by atoms with E-state index in [-0.39, 0.29) is 40.2 Å². The summed E-state index contributed by atoms with van der Waals surface area (Å²) >= 11 is 5.28. The van der Waals surface area contributed by atoms with Crippen molar-refractivity contribution in [3.8, 4) is 0 Å². The van der Waals surface area contributed by atoms with Crippen LogP contribution in [0.1, 0.15) is 196 Å². The zero-order valence-electron chi connectivity index (χ0n) is 38.6. The van der Waals surface area contributed by atoms with Crippen LogP contribution in [-0.4, -0.2) is 53.9 Å². The second-order valence-corrected chi connectivity index (χ2v) is 19.0. The van der Waals surface area contributed by atoms with Crippen molar-refractivity contribution in [3.05, 3.63) is 11.6 Å². The predicted molar refractivity (Wildman–Crippen MR) is 236 cm³/mol. The summed E-state index contributed by atoms with van der Waals surface area (Å²) in [6.07, 6.45) is 19.2. The normalized spacial score (nSPS) is 29.1. The van der Waals surface area contributed by atoms with Gasteiger partial charge in [-0.3, -0.25) is 0 Å². The topological polar surface area (TPSA) is 38.7 Å². The van der Waals surface area contributed by atoms with Gasteiger partial charge in [-0.2, -0.15) is 24.4 Å². The van der Waals surface area contributed by atoms with Crippen LogP contribution >= 0.6 is 24.4 Å². The summed E-state index contributed by atoms with van der Waals surface area (Å²) in [5.41, 5.74) is 2.46. The molecule has 50 heavy (non-hydrogen) atoms. The molecule has 0 aromatic rings. The molecular formula is C45H96O3S2. The second-order valence-electron chi connectivity index (χ2n) is 18.2. The monoisotopic (exact) mass is 749 g/mol. The maximum atomic E-state index is 10.2. The van der Waals surface area contributed by atoms with E-state index in [4.69, 9.17) is 9.47 Å². The highest BCUT2D eigenvalue weighted by atomic mass is 32.2. The molecule has 3 nitrogen and oxygen atoms in total. The van der Waals surface area contributed by atoms with Crippen molar-refractivity contribution in [2.24, 2.45) is 33.5 Å². The lowest BCUT2D eigenvalue weighted by atomic mass is 9.42. The highest BCUT2D eigenvalue weighted by molar-refractivity contribution is 7.97. The van der Waals surface area contributed by atoms with Crippen LogP contribution in [0.4, 0.5) is 0 Å². The van der Waals surface area contributed by atoms with Gasteiger partial charge in [-0.15, -0.1) is 0 Å². The van der Waals surface area contributed by atoms with Crippen molar-refractivity contribution >= 4 is 24.4 Å². The van der Waals surface area contributed by atoms with Crippen LogP contribution in [0.2, 0.25) is 0 Å². The van der Waals surface area contributed by atoms with Crippen LogP contribution < -0.4 is 0 Å². The highest BCUT2D eigenvalue weighted by Crippen LogP contribution is 2.68. The minimum absolute atomic E-state index is 0.113. The van der Waals surface area contributed by atoms with E-state index in [1.807, 2.05) is 40.2 Å². The van der Waals surface area contributed by atoms with Gasteiger partial charge in [0.2, 0.25) is 0 Å². The SMILES string of the molecule is CC.CC.CC(C)(C)C.CCC.CCC1C2CCC3(CCO)CC(OC(C)(C)C)CCC3(C)C2=CCC1(C)C(C)OC(C)(C)C.CS.CSC. The van der Waals surface area contributed by atoms with Crippen molar-refractivity contribution in [2.75, 3.05) is 25.4 Å². The predicted octanol–water partition coefficient (Wildman–Crippen LogP) is 14.8. The number of rotatable bonds is 6. The number of aliphatic hydroxyl groups excluding tert-OH is 1. The van der Waals surface area contributed by atoms with Gasteiger partial charge in [0.05, 0.1) is 23.4 Å². The molecule has 7 atom stereocenters. The molecule has 3 aliphatic carbocycles. The number of hydrogen-bond acceptors (Lipinski definition) is 5. The molecule has 3 rings (SSSR count). The standard InChI is InChI=1S/C30H54O3.C5H12.C3H8.C2H6S.2C2H6.CH4S/c1-11-24-23-13-17-30(18-19-31)20-22(33-27(6,7)8)12-16-29(30,10)25(23)14-15-28(24,9)21(2)32-26(3,4)5;1-5(2,3)4;2*1-3-2;3*1-2/h14,21-24,31H,11-13,15-20H2,1-10H3;1-4H3;3H2,1-2H3;1-2H3;2*1-2H3;2H,1H3. The van der Waals surface area contributed by atoms with Gasteiger partial charge in [-0.1, -0.05) is 114 Å². The molecule has 5 heteroatoms. The smallest absolute Gasteiger partial charge is 0.0613 e. The van der Waals surface area contributed by atoms with Crippen LogP contribution in [-0.2, 0) is 9.47 Å². The Kier molecular flexibility index (Phi) is 30.8. The van der Waals surface area contributed by atoms with Gasteiger partial charge in [0.25, 0.3) is 0 Å². The number of aliphatic hydroxyl groups is 1. The largest absolute Gasteiger partial charge is 0.396 e. The first-order valence-electron chi connectivity index (χ1n) is 20.5. The van der Waals surface area contributed by atoms with Crippen LogP contribution in [0, 0.1) is 33.5 Å². The van der Waals surface area contributed by atoms with Crippen molar-refractivity contribution in [3.63, 3.8) is 0 Å². The molecule has 2 fully saturated rings. The van der Waals surface area contributed by atoms with E-state index < -0.39 is 0 Å². The zero-order chi connectivity index (χ0) is 40.8. The molecule has 306 valence electrons. The van der Waals surface area contributed by atoms with Crippen molar-refractivity contribution in [2.45, 2.75) is 220 Å². The molecule has 7 unspecified atom stereocenters.